The summed E-state index contributed by atoms with van der Waals surface area (Å²) in [5, 5.41) is 9.20. The molecule has 0 spiro atoms. The normalized spacial score (nSPS) is 21.4. The van der Waals surface area contributed by atoms with Crippen LogP contribution in [0.25, 0.3) is 0 Å². The van der Waals surface area contributed by atoms with E-state index in [0.29, 0.717) is 18.7 Å². The Morgan fingerprint density at radius 3 is 2.56 bits per heavy atom. The second-order valence-electron chi connectivity index (χ2n) is 4.95. The molecular formula is C12H19NO4S. The number of carboxylic acids is 1. The Kier molecular flexibility index (Phi) is 5.19. The first-order valence-corrected chi connectivity index (χ1v) is 6.97. The Morgan fingerprint density at radius 2 is 2.11 bits per heavy atom. The first-order valence-electron chi connectivity index (χ1n) is 5.98. The van der Waals surface area contributed by atoms with Gasteiger partial charge in [0.15, 0.2) is 5.12 Å². The van der Waals surface area contributed by atoms with Crippen LogP contribution >= 0.6 is 11.8 Å². The molecule has 0 bridgehead atoms. The van der Waals surface area contributed by atoms with E-state index in [1.165, 1.54) is 23.6 Å². The van der Waals surface area contributed by atoms with Crippen molar-refractivity contribution in [3.8, 4) is 0 Å². The van der Waals surface area contributed by atoms with Crippen molar-refractivity contribution in [2.75, 3.05) is 12.3 Å². The van der Waals surface area contributed by atoms with E-state index in [2.05, 4.69) is 0 Å². The summed E-state index contributed by atoms with van der Waals surface area (Å²) in [6, 6.07) is -0.759. The molecule has 0 aromatic carbocycles. The molecule has 0 saturated carbocycles. The minimum absolute atomic E-state index is 0.0274. The average molecular weight is 273 g/mol. The summed E-state index contributed by atoms with van der Waals surface area (Å²) >= 11 is 1.20. The standard InChI is InChI=1S/C12H19NO4S/c1-7(2)11(12(16)17)13-5-9(4-10(13)15)6-18-8(3)14/h7,9,11H,4-6H2,1-3H3,(H,16,17). The zero-order valence-corrected chi connectivity index (χ0v) is 11.7. The maximum atomic E-state index is 11.8. The van der Waals surface area contributed by atoms with E-state index < -0.39 is 12.0 Å². The van der Waals surface area contributed by atoms with Gasteiger partial charge in [0.1, 0.15) is 6.04 Å². The first-order chi connectivity index (χ1) is 8.32. The van der Waals surface area contributed by atoms with Crippen LogP contribution in [0.1, 0.15) is 27.2 Å². The number of hydrogen-bond acceptors (Lipinski definition) is 4. The lowest BCUT2D eigenvalue weighted by Gasteiger charge is -2.27. The van der Waals surface area contributed by atoms with Crippen molar-refractivity contribution in [2.45, 2.75) is 33.2 Å². The van der Waals surface area contributed by atoms with Crippen LogP contribution in [0, 0.1) is 11.8 Å². The highest BCUT2D eigenvalue weighted by Crippen LogP contribution is 2.26. The van der Waals surface area contributed by atoms with Crippen LogP contribution in [0.2, 0.25) is 0 Å². The second-order valence-corrected chi connectivity index (χ2v) is 6.14. The van der Waals surface area contributed by atoms with E-state index in [9.17, 15) is 19.5 Å². The number of rotatable bonds is 5. The highest BCUT2D eigenvalue weighted by Gasteiger charge is 2.39. The molecule has 1 amide bonds. The van der Waals surface area contributed by atoms with Gasteiger partial charge >= 0.3 is 5.97 Å². The Labute approximate surface area is 111 Å². The fourth-order valence-corrected chi connectivity index (χ4v) is 2.90. The molecule has 18 heavy (non-hydrogen) atoms. The minimum Gasteiger partial charge on any atom is -0.480 e. The van der Waals surface area contributed by atoms with Crippen molar-refractivity contribution < 1.29 is 19.5 Å². The fourth-order valence-electron chi connectivity index (χ4n) is 2.20. The Hall–Kier alpha value is -1.04. The Bertz CT molecular complexity index is 356. The molecule has 1 N–H and O–H groups in total. The van der Waals surface area contributed by atoms with E-state index in [-0.39, 0.29) is 22.9 Å². The van der Waals surface area contributed by atoms with Crippen LogP contribution in [-0.4, -0.2) is 45.3 Å². The smallest absolute Gasteiger partial charge is 0.326 e. The molecular weight excluding hydrogens is 254 g/mol. The van der Waals surface area contributed by atoms with Crippen LogP contribution in [-0.2, 0) is 14.4 Å². The van der Waals surface area contributed by atoms with Crippen LogP contribution in [0.5, 0.6) is 0 Å². The fraction of sp³-hybridized carbons (Fsp3) is 0.750. The van der Waals surface area contributed by atoms with E-state index in [1.54, 1.807) is 13.8 Å². The zero-order chi connectivity index (χ0) is 13.9. The van der Waals surface area contributed by atoms with Crippen molar-refractivity contribution in [3.05, 3.63) is 0 Å². The van der Waals surface area contributed by atoms with E-state index >= 15 is 0 Å². The average Bonchev–Trinajstić information content (AvgIpc) is 2.56. The van der Waals surface area contributed by atoms with Gasteiger partial charge in [0, 0.05) is 25.6 Å². The van der Waals surface area contributed by atoms with Gasteiger partial charge in [-0.3, -0.25) is 9.59 Å². The summed E-state index contributed by atoms with van der Waals surface area (Å²) in [6.07, 6.45) is 0.344. The summed E-state index contributed by atoms with van der Waals surface area (Å²) in [7, 11) is 0. The van der Waals surface area contributed by atoms with Gasteiger partial charge in [0.05, 0.1) is 0 Å². The van der Waals surface area contributed by atoms with Crippen LogP contribution in [0.4, 0.5) is 0 Å². The summed E-state index contributed by atoms with van der Waals surface area (Å²) < 4.78 is 0. The predicted octanol–water partition coefficient (Wildman–Crippen LogP) is 1.22. The molecule has 2 atom stereocenters. The highest BCUT2D eigenvalue weighted by molar-refractivity contribution is 8.13. The molecule has 0 aromatic heterocycles. The molecule has 0 aromatic rings. The van der Waals surface area contributed by atoms with Crippen molar-refractivity contribution >= 4 is 28.8 Å². The third kappa shape index (κ3) is 3.73. The second kappa shape index (κ2) is 6.22. The van der Waals surface area contributed by atoms with Crippen LogP contribution < -0.4 is 0 Å². The molecule has 1 aliphatic rings. The van der Waals surface area contributed by atoms with E-state index in [4.69, 9.17) is 0 Å². The van der Waals surface area contributed by atoms with E-state index in [0.717, 1.165) is 0 Å². The van der Waals surface area contributed by atoms with Gasteiger partial charge in [-0.15, -0.1) is 0 Å². The lowest BCUT2D eigenvalue weighted by atomic mass is 10.0. The largest absolute Gasteiger partial charge is 0.480 e. The van der Waals surface area contributed by atoms with Gasteiger partial charge < -0.3 is 10.0 Å². The summed E-state index contributed by atoms with van der Waals surface area (Å²) in [5.74, 6) is -0.539. The maximum absolute atomic E-state index is 11.8. The number of carboxylic acid groups (broad SMARTS) is 1. The number of carbonyl (C=O) groups is 3. The summed E-state index contributed by atoms with van der Waals surface area (Å²) in [5.41, 5.74) is 0. The molecule has 2 unspecified atom stereocenters. The molecule has 5 nitrogen and oxygen atoms in total. The SMILES string of the molecule is CC(=O)SCC1CC(=O)N(C(C(=O)O)C(C)C)C1. The molecule has 0 radical (unpaired) electrons. The van der Waals surface area contributed by atoms with Crippen LogP contribution in [0.15, 0.2) is 0 Å². The first kappa shape index (κ1) is 15.0. The lowest BCUT2D eigenvalue weighted by Crippen LogP contribution is -2.45. The highest BCUT2D eigenvalue weighted by atomic mass is 32.2. The lowest BCUT2D eigenvalue weighted by molar-refractivity contribution is -0.150. The van der Waals surface area contributed by atoms with Crippen molar-refractivity contribution in [1.82, 2.24) is 4.90 Å². The number of hydrogen-bond donors (Lipinski definition) is 1. The maximum Gasteiger partial charge on any atom is 0.326 e. The van der Waals surface area contributed by atoms with Crippen molar-refractivity contribution in [1.29, 1.82) is 0 Å². The van der Waals surface area contributed by atoms with Gasteiger partial charge in [0.2, 0.25) is 5.91 Å². The molecule has 1 heterocycles. The van der Waals surface area contributed by atoms with Gasteiger partial charge in [-0.25, -0.2) is 4.79 Å². The third-order valence-corrected chi connectivity index (χ3v) is 4.03. The number of aliphatic carboxylic acids is 1. The van der Waals surface area contributed by atoms with Crippen molar-refractivity contribution in [2.24, 2.45) is 11.8 Å². The van der Waals surface area contributed by atoms with Gasteiger partial charge in [-0.1, -0.05) is 25.6 Å². The van der Waals surface area contributed by atoms with Gasteiger partial charge in [-0.05, 0) is 11.8 Å². The number of likely N-dealkylation sites (tertiary alicyclic amines) is 1. The number of carbonyl (C=O) groups excluding carboxylic acids is 2. The molecule has 102 valence electrons. The molecule has 0 aliphatic carbocycles. The zero-order valence-electron chi connectivity index (χ0n) is 10.9. The Balaban J connectivity index is 2.65. The molecule has 6 heteroatoms. The minimum atomic E-state index is -0.960. The summed E-state index contributed by atoms with van der Waals surface area (Å²) in [4.78, 5) is 35.4. The number of thioether (sulfide) groups is 1. The quantitative estimate of drug-likeness (QED) is 0.815. The Morgan fingerprint density at radius 1 is 1.50 bits per heavy atom. The summed E-state index contributed by atoms with van der Waals surface area (Å²) in [6.45, 7) is 5.52. The third-order valence-electron chi connectivity index (χ3n) is 2.98. The van der Waals surface area contributed by atoms with Gasteiger partial charge in [0.25, 0.3) is 0 Å². The molecule has 1 fully saturated rings. The molecule has 1 rings (SSSR count). The van der Waals surface area contributed by atoms with Crippen molar-refractivity contribution in [3.63, 3.8) is 0 Å². The molecule has 1 saturated heterocycles. The van der Waals surface area contributed by atoms with E-state index in [1.807, 2.05) is 0 Å². The predicted molar refractivity (Wildman–Crippen MR) is 69.2 cm³/mol. The monoisotopic (exact) mass is 273 g/mol. The molecule has 1 aliphatic heterocycles. The van der Waals surface area contributed by atoms with Crippen LogP contribution in [0.3, 0.4) is 0 Å². The number of nitrogens with zero attached hydrogens (tertiary/aromatic N) is 1. The topological polar surface area (TPSA) is 74.7 Å². The number of amides is 1. The van der Waals surface area contributed by atoms with Gasteiger partial charge in [-0.2, -0.15) is 0 Å².